The lowest BCUT2D eigenvalue weighted by atomic mass is 9.87. The van der Waals surface area contributed by atoms with Crippen molar-refractivity contribution in [2.75, 3.05) is 12.3 Å². The van der Waals surface area contributed by atoms with Crippen LogP contribution < -0.4 is 5.32 Å². The van der Waals surface area contributed by atoms with E-state index in [9.17, 15) is 4.79 Å². The predicted molar refractivity (Wildman–Crippen MR) is 102 cm³/mol. The zero-order valence-electron chi connectivity index (χ0n) is 15.4. The maximum atomic E-state index is 11.9. The van der Waals surface area contributed by atoms with Crippen molar-refractivity contribution in [2.24, 2.45) is 13.0 Å². The van der Waals surface area contributed by atoms with E-state index in [4.69, 9.17) is 0 Å². The van der Waals surface area contributed by atoms with Crippen molar-refractivity contribution >= 4 is 17.7 Å². The van der Waals surface area contributed by atoms with Gasteiger partial charge in [-0.05, 0) is 29.7 Å². The number of carbonyl (C=O) groups is 1. The van der Waals surface area contributed by atoms with Crippen molar-refractivity contribution < 1.29 is 4.79 Å². The van der Waals surface area contributed by atoms with Gasteiger partial charge in [0.2, 0.25) is 5.91 Å². The standard InChI is InChI=1S/C19H26N4OS/c1-19(2,3)15-9-7-14(8-10-15)17-21-22-18(23(17)4)25-12-16(24)20-11-13-5-6-13/h7-10,13H,5-6,11-12H2,1-4H3,(H,20,24). The highest BCUT2D eigenvalue weighted by Crippen LogP contribution is 2.28. The van der Waals surface area contributed by atoms with E-state index in [2.05, 4.69) is 60.6 Å². The number of thioether (sulfide) groups is 1. The van der Waals surface area contributed by atoms with Gasteiger partial charge in [-0.15, -0.1) is 10.2 Å². The van der Waals surface area contributed by atoms with Gasteiger partial charge in [0.15, 0.2) is 11.0 Å². The van der Waals surface area contributed by atoms with Gasteiger partial charge in [-0.25, -0.2) is 0 Å². The Morgan fingerprint density at radius 3 is 2.52 bits per heavy atom. The number of nitrogens with one attached hydrogen (secondary N) is 1. The molecule has 1 N–H and O–H groups in total. The summed E-state index contributed by atoms with van der Waals surface area (Å²) in [5.74, 6) is 1.96. The Morgan fingerprint density at radius 2 is 1.92 bits per heavy atom. The number of rotatable bonds is 6. The Labute approximate surface area is 153 Å². The first kappa shape index (κ1) is 18.0. The van der Waals surface area contributed by atoms with Crippen LogP contribution in [-0.4, -0.2) is 33.0 Å². The van der Waals surface area contributed by atoms with E-state index in [1.807, 2.05) is 11.6 Å². The molecule has 1 aromatic carbocycles. The van der Waals surface area contributed by atoms with Gasteiger partial charge >= 0.3 is 0 Å². The third-order valence-electron chi connectivity index (χ3n) is 4.46. The Kier molecular flexibility index (Phi) is 5.18. The highest BCUT2D eigenvalue weighted by atomic mass is 32.2. The molecule has 1 aromatic heterocycles. The fourth-order valence-electron chi connectivity index (χ4n) is 2.57. The molecular formula is C19H26N4OS. The number of carbonyl (C=O) groups excluding carboxylic acids is 1. The summed E-state index contributed by atoms with van der Waals surface area (Å²) >= 11 is 1.43. The Bertz CT molecular complexity index is 742. The monoisotopic (exact) mass is 358 g/mol. The molecule has 0 saturated heterocycles. The molecule has 1 saturated carbocycles. The van der Waals surface area contributed by atoms with Gasteiger partial charge in [0.05, 0.1) is 5.75 Å². The lowest BCUT2D eigenvalue weighted by Gasteiger charge is -2.19. The summed E-state index contributed by atoms with van der Waals surface area (Å²) < 4.78 is 1.95. The van der Waals surface area contributed by atoms with Crippen LogP contribution in [0, 0.1) is 5.92 Å². The molecule has 134 valence electrons. The molecule has 5 nitrogen and oxygen atoms in total. The maximum absolute atomic E-state index is 11.9. The van der Waals surface area contributed by atoms with E-state index >= 15 is 0 Å². The fraction of sp³-hybridized carbons (Fsp3) is 0.526. The molecule has 0 spiro atoms. The normalized spacial score (nSPS) is 14.6. The number of amides is 1. The fourth-order valence-corrected chi connectivity index (χ4v) is 3.31. The first-order valence-corrected chi connectivity index (χ1v) is 9.73. The second-order valence-corrected chi connectivity index (χ2v) is 8.67. The van der Waals surface area contributed by atoms with Gasteiger partial charge < -0.3 is 9.88 Å². The summed E-state index contributed by atoms with van der Waals surface area (Å²) in [7, 11) is 1.94. The second-order valence-electron chi connectivity index (χ2n) is 7.73. The van der Waals surface area contributed by atoms with Crippen molar-refractivity contribution in [2.45, 2.75) is 44.2 Å². The summed E-state index contributed by atoms with van der Waals surface area (Å²) in [6.07, 6.45) is 2.49. The van der Waals surface area contributed by atoms with Crippen molar-refractivity contribution in [3.63, 3.8) is 0 Å². The minimum atomic E-state index is 0.0657. The van der Waals surface area contributed by atoms with Crippen LogP contribution in [0.4, 0.5) is 0 Å². The number of aromatic nitrogens is 3. The highest BCUT2D eigenvalue weighted by molar-refractivity contribution is 7.99. The maximum Gasteiger partial charge on any atom is 0.230 e. The van der Waals surface area contributed by atoms with E-state index in [-0.39, 0.29) is 11.3 Å². The van der Waals surface area contributed by atoms with Gasteiger partial charge in [-0.2, -0.15) is 0 Å². The van der Waals surface area contributed by atoms with Gasteiger partial charge in [-0.3, -0.25) is 4.79 Å². The van der Waals surface area contributed by atoms with E-state index in [1.54, 1.807) is 0 Å². The largest absolute Gasteiger partial charge is 0.355 e. The van der Waals surface area contributed by atoms with Crippen LogP contribution in [-0.2, 0) is 17.3 Å². The van der Waals surface area contributed by atoms with Crippen LogP contribution in [0.1, 0.15) is 39.2 Å². The average Bonchev–Trinajstić information content (AvgIpc) is 3.33. The van der Waals surface area contributed by atoms with Crippen molar-refractivity contribution in [3.8, 4) is 11.4 Å². The summed E-state index contributed by atoms with van der Waals surface area (Å²) in [6.45, 7) is 7.41. The first-order valence-electron chi connectivity index (χ1n) is 8.74. The van der Waals surface area contributed by atoms with Gasteiger partial charge in [0.1, 0.15) is 0 Å². The number of hydrogen-bond donors (Lipinski definition) is 1. The average molecular weight is 359 g/mol. The minimum Gasteiger partial charge on any atom is -0.355 e. The molecule has 1 aliphatic carbocycles. The van der Waals surface area contributed by atoms with Crippen molar-refractivity contribution in [3.05, 3.63) is 29.8 Å². The third kappa shape index (κ3) is 4.63. The van der Waals surface area contributed by atoms with Crippen molar-refractivity contribution in [1.29, 1.82) is 0 Å². The van der Waals surface area contributed by atoms with Gasteiger partial charge in [-0.1, -0.05) is 56.8 Å². The van der Waals surface area contributed by atoms with Crippen LogP contribution in [0.5, 0.6) is 0 Å². The summed E-state index contributed by atoms with van der Waals surface area (Å²) in [4.78, 5) is 11.9. The molecule has 1 aliphatic rings. The van der Waals surface area contributed by atoms with E-state index in [0.717, 1.165) is 23.1 Å². The molecule has 0 aliphatic heterocycles. The number of benzene rings is 1. The zero-order valence-corrected chi connectivity index (χ0v) is 16.2. The molecule has 1 fully saturated rings. The predicted octanol–water partition coefficient (Wildman–Crippen LogP) is 3.40. The molecule has 1 heterocycles. The molecule has 6 heteroatoms. The number of hydrogen-bond acceptors (Lipinski definition) is 4. The Hall–Kier alpha value is -1.82. The molecule has 0 bridgehead atoms. The summed E-state index contributed by atoms with van der Waals surface area (Å²) in [5.41, 5.74) is 2.46. The van der Waals surface area contributed by atoms with E-state index in [1.165, 1.54) is 30.2 Å². The Balaban J connectivity index is 1.63. The molecule has 2 aromatic rings. The lowest BCUT2D eigenvalue weighted by Crippen LogP contribution is -2.27. The van der Waals surface area contributed by atoms with Crippen molar-refractivity contribution in [1.82, 2.24) is 20.1 Å². The van der Waals surface area contributed by atoms with Gasteiger partial charge in [0.25, 0.3) is 0 Å². The smallest absolute Gasteiger partial charge is 0.230 e. The third-order valence-corrected chi connectivity index (χ3v) is 5.48. The summed E-state index contributed by atoms with van der Waals surface area (Å²) in [5, 5.41) is 12.3. The lowest BCUT2D eigenvalue weighted by molar-refractivity contribution is -0.118. The molecule has 0 atom stereocenters. The van der Waals surface area contributed by atoms with Crippen LogP contribution >= 0.6 is 11.8 Å². The quantitative estimate of drug-likeness (QED) is 0.804. The molecule has 3 rings (SSSR count). The molecule has 1 amide bonds. The van der Waals surface area contributed by atoms with Gasteiger partial charge in [0, 0.05) is 19.2 Å². The van der Waals surface area contributed by atoms with Crippen LogP contribution in [0.3, 0.4) is 0 Å². The SMILES string of the molecule is Cn1c(SCC(=O)NCC2CC2)nnc1-c1ccc(C(C)(C)C)cc1. The highest BCUT2D eigenvalue weighted by Gasteiger charge is 2.22. The van der Waals surface area contributed by atoms with Crippen LogP contribution in [0.2, 0.25) is 0 Å². The molecule has 0 radical (unpaired) electrons. The first-order chi connectivity index (χ1) is 11.8. The van der Waals surface area contributed by atoms with E-state index < -0.39 is 0 Å². The summed E-state index contributed by atoms with van der Waals surface area (Å²) in [6, 6.07) is 8.45. The molecular weight excluding hydrogens is 332 g/mol. The molecule has 0 unspecified atom stereocenters. The Morgan fingerprint density at radius 1 is 1.24 bits per heavy atom. The van der Waals surface area contributed by atoms with Crippen LogP contribution in [0.15, 0.2) is 29.4 Å². The molecule has 25 heavy (non-hydrogen) atoms. The number of nitrogens with zero attached hydrogens (tertiary/aromatic N) is 3. The van der Waals surface area contributed by atoms with E-state index in [0.29, 0.717) is 11.7 Å². The topological polar surface area (TPSA) is 59.8 Å². The van der Waals surface area contributed by atoms with Crippen LogP contribution in [0.25, 0.3) is 11.4 Å². The second kappa shape index (κ2) is 7.20. The minimum absolute atomic E-state index is 0.0657. The zero-order chi connectivity index (χ0) is 18.0.